The van der Waals surface area contributed by atoms with Gasteiger partial charge in [0, 0.05) is 12.1 Å². The van der Waals surface area contributed by atoms with Crippen molar-refractivity contribution < 1.29 is 31.2 Å². The lowest BCUT2D eigenvalue weighted by Crippen LogP contribution is -2.31. The molecule has 0 bridgehead atoms. The Morgan fingerprint density at radius 2 is 1.74 bits per heavy atom. The number of fused-ring (bicyclic) bond motifs is 1. The first kappa shape index (κ1) is 22.1. The molecule has 9 heteroatoms. The molecule has 5 rings (SSSR count). The second-order valence-electron chi connectivity index (χ2n) is 8.10. The summed E-state index contributed by atoms with van der Waals surface area (Å²) in [4.78, 5) is 19.0. The van der Waals surface area contributed by atoms with Crippen LogP contribution in [0.2, 0.25) is 0 Å². The molecule has 1 aromatic heterocycles. The molecule has 1 aliphatic rings. The van der Waals surface area contributed by atoms with E-state index in [1.54, 1.807) is 18.2 Å². The molecule has 1 saturated heterocycles. The molecule has 1 aliphatic heterocycles. The lowest BCUT2D eigenvalue weighted by molar-refractivity contribution is -0.137. The molecule has 34 heavy (non-hydrogen) atoms. The Hall–Kier alpha value is -3.75. The van der Waals surface area contributed by atoms with Crippen molar-refractivity contribution >= 4 is 17.0 Å². The van der Waals surface area contributed by atoms with Crippen molar-refractivity contribution in [2.45, 2.75) is 25.1 Å². The van der Waals surface area contributed by atoms with Crippen molar-refractivity contribution in [3.63, 3.8) is 0 Å². The monoisotopic (exact) mass is 472 g/mol. The van der Waals surface area contributed by atoms with Gasteiger partial charge in [-0.3, -0.25) is 4.79 Å². The van der Waals surface area contributed by atoms with Gasteiger partial charge in [0.15, 0.2) is 17.2 Å². The zero-order valence-corrected chi connectivity index (χ0v) is 17.6. The number of carbonyl (C=O) groups excluding carboxylic acids is 1. The van der Waals surface area contributed by atoms with Crippen LogP contribution in [0.15, 0.2) is 65.1 Å². The standard InChI is InChI=1S/C25H17F5N2O2/c26-18-8-6-14(12-19(18)27)15-7-9-22-20(13-15)31-23(34-22)21-5-2-10-32(21)24(33)16-3-1-4-17(11-16)25(28,29)30/h1,3-4,6-9,11-13,21H,2,5,10H2. The number of likely N-dealkylation sites (tertiary alicyclic amines) is 1. The molecule has 2 heterocycles. The minimum absolute atomic E-state index is 0.0570. The van der Waals surface area contributed by atoms with Crippen molar-refractivity contribution in [3.8, 4) is 11.1 Å². The molecular formula is C25H17F5N2O2. The maximum Gasteiger partial charge on any atom is 0.416 e. The highest BCUT2D eigenvalue weighted by molar-refractivity contribution is 5.95. The Balaban J connectivity index is 1.45. The molecule has 0 aliphatic carbocycles. The molecule has 0 N–H and O–H groups in total. The minimum atomic E-state index is -4.55. The molecule has 1 fully saturated rings. The molecule has 1 unspecified atom stereocenters. The highest BCUT2D eigenvalue weighted by Crippen LogP contribution is 2.36. The van der Waals surface area contributed by atoms with Crippen LogP contribution in [-0.4, -0.2) is 22.3 Å². The Morgan fingerprint density at radius 3 is 2.50 bits per heavy atom. The third-order valence-corrected chi connectivity index (χ3v) is 5.89. The summed E-state index contributed by atoms with van der Waals surface area (Å²) in [6.45, 7) is 0.360. The van der Waals surface area contributed by atoms with Crippen LogP contribution in [-0.2, 0) is 6.18 Å². The van der Waals surface area contributed by atoms with Crippen LogP contribution >= 0.6 is 0 Å². The van der Waals surface area contributed by atoms with Gasteiger partial charge >= 0.3 is 6.18 Å². The van der Waals surface area contributed by atoms with E-state index in [1.807, 2.05) is 0 Å². The molecule has 4 nitrogen and oxygen atoms in total. The fourth-order valence-corrected chi connectivity index (χ4v) is 4.20. The van der Waals surface area contributed by atoms with E-state index in [9.17, 15) is 26.7 Å². The van der Waals surface area contributed by atoms with Gasteiger partial charge in [-0.25, -0.2) is 13.8 Å². The van der Waals surface area contributed by atoms with E-state index in [2.05, 4.69) is 4.98 Å². The summed E-state index contributed by atoms with van der Waals surface area (Å²) in [5.74, 6) is -2.16. The summed E-state index contributed by atoms with van der Waals surface area (Å²) in [7, 11) is 0. The molecule has 1 amide bonds. The lowest BCUT2D eigenvalue weighted by atomic mass is 10.1. The van der Waals surface area contributed by atoms with Gasteiger partial charge in [0.2, 0.25) is 5.89 Å². The second kappa shape index (κ2) is 8.23. The second-order valence-corrected chi connectivity index (χ2v) is 8.10. The van der Waals surface area contributed by atoms with Gasteiger partial charge < -0.3 is 9.32 Å². The molecule has 4 aromatic rings. The van der Waals surface area contributed by atoms with E-state index in [1.165, 1.54) is 23.1 Å². The molecule has 3 aromatic carbocycles. The van der Waals surface area contributed by atoms with E-state index in [0.29, 0.717) is 41.6 Å². The molecular weight excluding hydrogens is 455 g/mol. The van der Waals surface area contributed by atoms with Crippen LogP contribution in [0.25, 0.3) is 22.2 Å². The summed E-state index contributed by atoms with van der Waals surface area (Å²) < 4.78 is 72.0. The fraction of sp³-hybridized carbons (Fsp3) is 0.200. The topological polar surface area (TPSA) is 46.3 Å². The number of hydrogen-bond donors (Lipinski definition) is 0. The van der Waals surface area contributed by atoms with Crippen molar-refractivity contribution in [2.75, 3.05) is 6.54 Å². The highest BCUT2D eigenvalue weighted by Gasteiger charge is 2.36. The zero-order valence-electron chi connectivity index (χ0n) is 17.6. The number of amides is 1. The fourth-order valence-electron chi connectivity index (χ4n) is 4.20. The molecule has 0 radical (unpaired) electrons. The number of alkyl halides is 3. The van der Waals surface area contributed by atoms with Crippen LogP contribution < -0.4 is 0 Å². The largest absolute Gasteiger partial charge is 0.438 e. The molecule has 0 saturated carbocycles. The van der Waals surface area contributed by atoms with Crippen molar-refractivity contribution in [3.05, 3.63) is 89.3 Å². The predicted molar refractivity (Wildman–Crippen MR) is 114 cm³/mol. The number of hydrogen-bond acceptors (Lipinski definition) is 3. The lowest BCUT2D eigenvalue weighted by Gasteiger charge is -2.22. The minimum Gasteiger partial charge on any atom is -0.438 e. The first-order valence-corrected chi connectivity index (χ1v) is 10.5. The van der Waals surface area contributed by atoms with Gasteiger partial charge in [-0.1, -0.05) is 18.2 Å². The Morgan fingerprint density at radius 1 is 0.971 bits per heavy atom. The van der Waals surface area contributed by atoms with Gasteiger partial charge in [0.25, 0.3) is 5.91 Å². The first-order valence-electron chi connectivity index (χ1n) is 10.5. The predicted octanol–water partition coefficient (Wildman–Crippen LogP) is 6.77. The van der Waals surface area contributed by atoms with Gasteiger partial charge in [-0.2, -0.15) is 13.2 Å². The summed E-state index contributed by atoms with van der Waals surface area (Å²) in [6, 6.07) is 12.4. The maximum absolute atomic E-state index is 13.6. The van der Waals surface area contributed by atoms with Crippen LogP contribution in [0.1, 0.15) is 40.7 Å². The van der Waals surface area contributed by atoms with E-state index in [0.717, 1.165) is 24.3 Å². The molecule has 174 valence electrons. The summed E-state index contributed by atoms with van der Waals surface area (Å²) in [5, 5.41) is 0. The Kier molecular flexibility index (Phi) is 5.34. The average molecular weight is 472 g/mol. The Bertz CT molecular complexity index is 1400. The summed E-state index contributed by atoms with van der Waals surface area (Å²) >= 11 is 0. The number of carbonyl (C=O) groups is 1. The number of nitrogens with zero attached hydrogens (tertiary/aromatic N) is 2. The number of benzene rings is 3. The number of rotatable bonds is 3. The van der Waals surface area contributed by atoms with Gasteiger partial charge in [-0.15, -0.1) is 0 Å². The van der Waals surface area contributed by atoms with Crippen molar-refractivity contribution in [1.29, 1.82) is 0 Å². The summed E-state index contributed by atoms with van der Waals surface area (Å²) in [5.41, 5.74) is 1.04. The highest BCUT2D eigenvalue weighted by atomic mass is 19.4. The molecule has 1 atom stereocenters. The van der Waals surface area contributed by atoms with E-state index in [-0.39, 0.29) is 11.5 Å². The van der Waals surface area contributed by atoms with E-state index >= 15 is 0 Å². The number of aromatic nitrogens is 1. The van der Waals surface area contributed by atoms with E-state index in [4.69, 9.17) is 4.42 Å². The quantitative estimate of drug-likeness (QED) is 0.309. The Labute approximate surface area is 190 Å². The number of oxazole rings is 1. The van der Waals surface area contributed by atoms with Crippen LogP contribution in [0.5, 0.6) is 0 Å². The van der Waals surface area contributed by atoms with Gasteiger partial charge in [-0.05, 0) is 66.4 Å². The smallest absolute Gasteiger partial charge is 0.416 e. The third-order valence-electron chi connectivity index (χ3n) is 5.89. The molecule has 0 spiro atoms. The SMILES string of the molecule is O=C(c1cccc(C(F)(F)F)c1)N1CCCC1c1nc2cc(-c3ccc(F)c(F)c3)ccc2o1. The van der Waals surface area contributed by atoms with E-state index < -0.39 is 35.3 Å². The number of halogens is 5. The van der Waals surface area contributed by atoms with Crippen LogP contribution in [0, 0.1) is 11.6 Å². The van der Waals surface area contributed by atoms with Crippen molar-refractivity contribution in [1.82, 2.24) is 9.88 Å². The normalized spacial score (nSPS) is 16.4. The van der Waals surface area contributed by atoms with Crippen LogP contribution in [0.3, 0.4) is 0 Å². The third kappa shape index (κ3) is 4.02. The van der Waals surface area contributed by atoms with Gasteiger partial charge in [0.05, 0.1) is 5.56 Å². The van der Waals surface area contributed by atoms with Gasteiger partial charge in [0.1, 0.15) is 11.6 Å². The maximum atomic E-state index is 13.6. The zero-order chi connectivity index (χ0) is 24.0. The summed E-state index contributed by atoms with van der Waals surface area (Å²) in [6.07, 6.45) is -3.35. The van der Waals surface area contributed by atoms with Crippen molar-refractivity contribution in [2.24, 2.45) is 0 Å². The van der Waals surface area contributed by atoms with Crippen LogP contribution in [0.4, 0.5) is 22.0 Å². The first-order chi connectivity index (χ1) is 16.2. The average Bonchev–Trinajstić information content (AvgIpc) is 3.46.